The van der Waals surface area contributed by atoms with E-state index < -0.39 is 28.4 Å². The summed E-state index contributed by atoms with van der Waals surface area (Å²) >= 11 is 0. The number of esters is 1. The minimum atomic E-state index is -1.06. The van der Waals surface area contributed by atoms with Crippen molar-refractivity contribution in [1.29, 1.82) is 0 Å². The van der Waals surface area contributed by atoms with Crippen LogP contribution < -0.4 is 10.2 Å². The van der Waals surface area contributed by atoms with Gasteiger partial charge in [-0.25, -0.2) is 13.6 Å². The average Bonchev–Trinajstić information content (AvgIpc) is 2.74. The molecule has 0 unspecified atom stereocenters. The molecule has 3 aromatic carbocycles. The number of benzene rings is 3. The van der Waals surface area contributed by atoms with Crippen LogP contribution in [0.25, 0.3) is 22.2 Å². The lowest BCUT2D eigenvalue weighted by molar-refractivity contribution is 0.0525. The van der Waals surface area contributed by atoms with Gasteiger partial charge in [0.1, 0.15) is 28.7 Å². The van der Waals surface area contributed by atoms with Crippen molar-refractivity contribution in [2.45, 2.75) is 6.92 Å². The smallest absolute Gasteiger partial charge is 0.344 e. The minimum absolute atomic E-state index is 0.0266. The first-order valence-corrected chi connectivity index (χ1v) is 9.53. The molecule has 0 fully saturated rings. The first-order valence-electron chi connectivity index (χ1n) is 9.53. The van der Waals surface area contributed by atoms with Crippen LogP contribution in [-0.2, 0) is 4.74 Å². The molecular weight excluding hydrogens is 404 g/mol. The first kappa shape index (κ1) is 20.3. The van der Waals surface area contributed by atoms with Crippen molar-refractivity contribution in [3.8, 4) is 22.8 Å². The van der Waals surface area contributed by atoms with Crippen LogP contribution in [-0.4, -0.2) is 17.6 Å². The molecule has 1 heterocycles. The van der Waals surface area contributed by atoms with E-state index in [0.29, 0.717) is 23.1 Å². The molecule has 31 heavy (non-hydrogen) atoms. The number of carbonyl (C=O) groups is 1. The molecule has 156 valence electrons. The fourth-order valence-corrected chi connectivity index (χ4v) is 3.29. The van der Waals surface area contributed by atoms with Gasteiger partial charge in [0.2, 0.25) is 5.43 Å². The van der Waals surface area contributed by atoms with Crippen LogP contribution in [0.5, 0.6) is 11.5 Å². The number of aromatic nitrogens is 1. The number of aromatic amines is 1. The Morgan fingerprint density at radius 1 is 0.968 bits per heavy atom. The molecule has 5 nitrogen and oxygen atoms in total. The number of carbonyl (C=O) groups excluding carboxylic acids is 1. The molecule has 0 saturated heterocycles. The van der Waals surface area contributed by atoms with E-state index in [1.807, 2.05) is 18.2 Å². The Morgan fingerprint density at radius 2 is 1.71 bits per heavy atom. The molecule has 0 bridgehead atoms. The van der Waals surface area contributed by atoms with E-state index >= 15 is 0 Å². The number of para-hydroxylation sites is 1. The maximum Gasteiger partial charge on any atom is 0.344 e. The van der Waals surface area contributed by atoms with Gasteiger partial charge in [0.05, 0.1) is 23.2 Å². The number of ether oxygens (including phenoxy) is 2. The molecule has 0 saturated carbocycles. The second-order valence-electron chi connectivity index (χ2n) is 6.68. The average molecular weight is 421 g/mol. The van der Waals surface area contributed by atoms with Crippen LogP contribution in [0, 0.1) is 11.6 Å². The lowest BCUT2D eigenvalue weighted by Gasteiger charge is -2.13. The Kier molecular flexibility index (Phi) is 5.49. The van der Waals surface area contributed by atoms with Crippen molar-refractivity contribution < 1.29 is 23.0 Å². The van der Waals surface area contributed by atoms with Gasteiger partial charge in [-0.05, 0) is 37.3 Å². The van der Waals surface area contributed by atoms with Crippen LogP contribution in [0.1, 0.15) is 17.3 Å². The van der Waals surface area contributed by atoms with Gasteiger partial charge in [0, 0.05) is 11.6 Å². The van der Waals surface area contributed by atoms with Crippen LogP contribution >= 0.6 is 0 Å². The van der Waals surface area contributed by atoms with Crippen LogP contribution in [0.3, 0.4) is 0 Å². The Bertz CT molecular complexity index is 1330. The van der Waals surface area contributed by atoms with Gasteiger partial charge >= 0.3 is 5.97 Å². The summed E-state index contributed by atoms with van der Waals surface area (Å²) in [4.78, 5) is 28.4. The molecule has 0 amide bonds. The molecule has 1 aromatic heterocycles. The van der Waals surface area contributed by atoms with Gasteiger partial charge in [0.15, 0.2) is 0 Å². The van der Waals surface area contributed by atoms with Gasteiger partial charge in [0.25, 0.3) is 0 Å². The zero-order chi connectivity index (χ0) is 22.0. The van der Waals surface area contributed by atoms with Crippen molar-refractivity contribution in [3.05, 3.63) is 94.2 Å². The predicted octanol–water partition coefficient (Wildman–Crippen LogP) is 5.44. The molecule has 4 rings (SSSR count). The third-order valence-electron chi connectivity index (χ3n) is 4.60. The summed E-state index contributed by atoms with van der Waals surface area (Å²) in [5, 5.41) is -0.412. The van der Waals surface area contributed by atoms with E-state index in [1.165, 1.54) is 0 Å². The summed E-state index contributed by atoms with van der Waals surface area (Å²) in [7, 11) is 0. The summed E-state index contributed by atoms with van der Waals surface area (Å²) < 4.78 is 39.0. The number of pyridine rings is 1. The Morgan fingerprint density at radius 3 is 2.45 bits per heavy atom. The Labute approximate surface area is 175 Å². The van der Waals surface area contributed by atoms with Gasteiger partial charge in [-0.15, -0.1) is 0 Å². The maximum atomic E-state index is 14.3. The summed E-state index contributed by atoms with van der Waals surface area (Å²) in [5.41, 5.74) is -0.814. The Balaban J connectivity index is 1.92. The molecule has 4 aromatic rings. The summed E-state index contributed by atoms with van der Waals surface area (Å²) in [6.07, 6.45) is 0. The molecule has 0 aliphatic heterocycles. The van der Waals surface area contributed by atoms with Gasteiger partial charge in [-0.3, -0.25) is 4.79 Å². The lowest BCUT2D eigenvalue weighted by Crippen LogP contribution is -2.21. The highest BCUT2D eigenvalue weighted by Gasteiger charge is 2.23. The van der Waals surface area contributed by atoms with Gasteiger partial charge < -0.3 is 14.5 Å². The van der Waals surface area contributed by atoms with E-state index in [9.17, 15) is 18.4 Å². The molecule has 1 N–H and O–H groups in total. The lowest BCUT2D eigenvalue weighted by atomic mass is 10.0. The number of rotatable bonds is 5. The Hall–Kier alpha value is -4.00. The van der Waals surface area contributed by atoms with Crippen molar-refractivity contribution in [3.63, 3.8) is 0 Å². The minimum Gasteiger partial charge on any atom is -0.462 e. The topological polar surface area (TPSA) is 68.4 Å². The van der Waals surface area contributed by atoms with Crippen molar-refractivity contribution >= 4 is 16.9 Å². The molecular formula is C24H17F2NO4. The monoisotopic (exact) mass is 421 g/mol. The molecule has 0 radical (unpaired) electrons. The van der Waals surface area contributed by atoms with Crippen molar-refractivity contribution in [2.75, 3.05) is 6.61 Å². The van der Waals surface area contributed by atoms with Crippen LogP contribution in [0.2, 0.25) is 0 Å². The third kappa shape index (κ3) is 4.02. The zero-order valence-corrected chi connectivity index (χ0v) is 16.4. The van der Waals surface area contributed by atoms with E-state index in [0.717, 1.165) is 6.07 Å². The van der Waals surface area contributed by atoms with Gasteiger partial charge in [-0.2, -0.15) is 0 Å². The largest absolute Gasteiger partial charge is 0.462 e. The highest BCUT2D eigenvalue weighted by atomic mass is 19.1. The zero-order valence-electron chi connectivity index (χ0n) is 16.4. The number of halogens is 2. The molecule has 7 heteroatoms. The molecule has 0 aliphatic carbocycles. The second kappa shape index (κ2) is 8.39. The summed E-state index contributed by atoms with van der Waals surface area (Å²) in [6, 6.07) is 17.3. The van der Waals surface area contributed by atoms with Crippen LogP contribution in [0.15, 0.2) is 71.5 Å². The normalized spacial score (nSPS) is 10.8. The van der Waals surface area contributed by atoms with Gasteiger partial charge in [-0.1, -0.05) is 30.3 Å². The number of hydrogen-bond acceptors (Lipinski definition) is 4. The van der Waals surface area contributed by atoms with Crippen LogP contribution in [0.4, 0.5) is 8.78 Å². The quantitative estimate of drug-likeness (QED) is 0.436. The van der Waals surface area contributed by atoms with E-state index in [1.54, 1.807) is 43.3 Å². The predicted molar refractivity (Wildman–Crippen MR) is 112 cm³/mol. The number of H-pyrrole nitrogens is 1. The first-order chi connectivity index (χ1) is 15.0. The number of hydrogen-bond donors (Lipinski definition) is 1. The molecule has 0 aliphatic rings. The maximum absolute atomic E-state index is 14.3. The van der Waals surface area contributed by atoms with E-state index in [2.05, 4.69) is 4.98 Å². The van der Waals surface area contributed by atoms with Crippen molar-refractivity contribution in [1.82, 2.24) is 4.98 Å². The van der Waals surface area contributed by atoms with E-state index in [-0.39, 0.29) is 23.4 Å². The second-order valence-corrected chi connectivity index (χ2v) is 6.68. The fourth-order valence-electron chi connectivity index (χ4n) is 3.29. The summed E-state index contributed by atoms with van der Waals surface area (Å²) in [5.74, 6) is -1.77. The molecule has 0 atom stereocenters. The highest BCUT2D eigenvalue weighted by Crippen LogP contribution is 2.29. The number of nitrogens with one attached hydrogen (secondary N) is 1. The summed E-state index contributed by atoms with van der Waals surface area (Å²) in [6.45, 7) is 1.62. The molecule has 0 spiro atoms. The highest BCUT2D eigenvalue weighted by molar-refractivity contribution is 6.00. The standard InChI is InChI=1S/C24H17F2NO4/c1-2-30-24(29)21-22(27-19-13-15(25)12-18(26)20(19)23(21)28)14-7-6-10-17(11-14)31-16-8-4-3-5-9-16/h3-13H,2H2,1H3,(H,27,28). The fraction of sp³-hybridized carbons (Fsp3) is 0.0833. The SMILES string of the molecule is CCOC(=O)c1c(-c2cccc(Oc3ccccc3)c2)[nH]c2cc(F)cc(F)c2c1=O. The van der Waals surface area contributed by atoms with E-state index in [4.69, 9.17) is 9.47 Å². The third-order valence-corrected chi connectivity index (χ3v) is 4.60. The van der Waals surface area contributed by atoms with Crippen molar-refractivity contribution in [2.24, 2.45) is 0 Å². The number of fused-ring (bicyclic) bond motifs is 1.